The number of benzene rings is 2. The number of hydrogen-bond donors (Lipinski definition) is 1. The normalized spacial score (nSPS) is 10.7. The lowest BCUT2D eigenvalue weighted by Gasteiger charge is -2.09. The molecule has 156 valence electrons. The van der Waals surface area contributed by atoms with Crippen molar-refractivity contribution in [3.63, 3.8) is 0 Å². The molecule has 1 heterocycles. The van der Waals surface area contributed by atoms with Crippen LogP contribution in [0.4, 0.5) is 14.5 Å². The molecule has 3 rings (SSSR count). The van der Waals surface area contributed by atoms with E-state index in [0.717, 1.165) is 23.3 Å². The van der Waals surface area contributed by atoms with Crippen LogP contribution in [0.3, 0.4) is 0 Å². The molecule has 0 aliphatic carbocycles. The number of carbonyl (C=O) groups excluding carboxylic acids is 2. The van der Waals surface area contributed by atoms with Crippen LogP contribution in [-0.2, 0) is 16.1 Å². The molecule has 0 aliphatic heterocycles. The molecule has 0 atom stereocenters. The van der Waals surface area contributed by atoms with Gasteiger partial charge in [0.05, 0.1) is 17.9 Å². The average molecular weight is 413 g/mol. The lowest BCUT2D eigenvalue weighted by molar-refractivity contribution is -0.119. The zero-order valence-electron chi connectivity index (χ0n) is 16.8. The van der Waals surface area contributed by atoms with Gasteiger partial charge in [-0.3, -0.25) is 9.48 Å². The molecule has 0 radical (unpaired) electrons. The van der Waals surface area contributed by atoms with E-state index in [2.05, 4.69) is 10.4 Å². The van der Waals surface area contributed by atoms with Gasteiger partial charge in [0.2, 0.25) is 0 Å². The summed E-state index contributed by atoms with van der Waals surface area (Å²) in [5.74, 6) is -3.42. The molecular formula is C22H21F2N3O3. The van der Waals surface area contributed by atoms with Crippen molar-refractivity contribution >= 4 is 17.6 Å². The molecule has 0 saturated heterocycles. The van der Waals surface area contributed by atoms with Crippen molar-refractivity contribution in [1.29, 1.82) is 0 Å². The highest BCUT2D eigenvalue weighted by Crippen LogP contribution is 2.19. The summed E-state index contributed by atoms with van der Waals surface area (Å²) >= 11 is 0. The van der Waals surface area contributed by atoms with Gasteiger partial charge in [-0.1, -0.05) is 35.9 Å². The topological polar surface area (TPSA) is 73.2 Å². The van der Waals surface area contributed by atoms with Crippen molar-refractivity contribution in [2.75, 3.05) is 11.9 Å². The fourth-order valence-electron chi connectivity index (χ4n) is 3.01. The minimum Gasteiger partial charge on any atom is -0.452 e. The molecule has 1 N–H and O–H groups in total. The minimum atomic E-state index is -0.918. The summed E-state index contributed by atoms with van der Waals surface area (Å²) in [6.45, 7) is 5.20. The van der Waals surface area contributed by atoms with E-state index in [1.807, 2.05) is 31.2 Å². The molecule has 1 amide bonds. The maximum atomic E-state index is 13.6. The van der Waals surface area contributed by atoms with Crippen LogP contribution in [-0.4, -0.2) is 28.3 Å². The fraction of sp³-hybridized carbons (Fsp3) is 0.227. The Labute approximate surface area is 172 Å². The second-order valence-corrected chi connectivity index (χ2v) is 6.91. The molecule has 1 aromatic heterocycles. The third-order valence-electron chi connectivity index (χ3n) is 4.60. The number of carbonyl (C=O) groups is 2. The molecular weight excluding hydrogens is 392 g/mol. The van der Waals surface area contributed by atoms with E-state index < -0.39 is 35.8 Å². The Bertz CT molecular complexity index is 1070. The van der Waals surface area contributed by atoms with Crippen LogP contribution in [0.1, 0.15) is 32.9 Å². The number of hydrogen-bond acceptors (Lipinski definition) is 4. The number of halogens is 2. The molecule has 0 spiro atoms. The molecule has 2 aromatic carbocycles. The fourth-order valence-corrected chi connectivity index (χ4v) is 3.01. The Balaban J connectivity index is 1.66. The van der Waals surface area contributed by atoms with E-state index in [1.165, 1.54) is 6.07 Å². The molecule has 0 saturated carbocycles. The van der Waals surface area contributed by atoms with Gasteiger partial charge in [0.25, 0.3) is 5.91 Å². The Morgan fingerprint density at radius 1 is 1.03 bits per heavy atom. The second kappa shape index (κ2) is 8.86. The quantitative estimate of drug-likeness (QED) is 0.622. The van der Waals surface area contributed by atoms with Gasteiger partial charge < -0.3 is 10.1 Å². The highest BCUT2D eigenvalue weighted by molar-refractivity contribution is 5.96. The summed E-state index contributed by atoms with van der Waals surface area (Å²) < 4.78 is 33.9. The van der Waals surface area contributed by atoms with E-state index in [0.29, 0.717) is 17.9 Å². The van der Waals surface area contributed by atoms with Crippen molar-refractivity contribution in [3.8, 4) is 0 Å². The van der Waals surface area contributed by atoms with Crippen LogP contribution in [0.15, 0.2) is 42.5 Å². The van der Waals surface area contributed by atoms with Crippen LogP contribution < -0.4 is 5.32 Å². The SMILES string of the molecule is Cc1ccc(Cn2nc(C)c(C(=O)OCC(=O)Nc3c(F)cccc3F)c2C)cc1. The lowest BCUT2D eigenvalue weighted by atomic mass is 10.1. The Morgan fingerprint density at radius 3 is 2.30 bits per heavy atom. The Hall–Kier alpha value is -3.55. The zero-order chi connectivity index (χ0) is 21.8. The van der Waals surface area contributed by atoms with Crippen molar-refractivity contribution in [2.45, 2.75) is 27.3 Å². The van der Waals surface area contributed by atoms with Crippen LogP contribution in [0.2, 0.25) is 0 Å². The smallest absolute Gasteiger partial charge is 0.342 e. The number of aromatic nitrogens is 2. The van der Waals surface area contributed by atoms with Gasteiger partial charge in [0.1, 0.15) is 22.9 Å². The van der Waals surface area contributed by atoms with E-state index in [4.69, 9.17) is 4.74 Å². The first-order valence-corrected chi connectivity index (χ1v) is 9.26. The van der Waals surface area contributed by atoms with Gasteiger partial charge in [0.15, 0.2) is 6.61 Å². The van der Waals surface area contributed by atoms with E-state index >= 15 is 0 Å². The second-order valence-electron chi connectivity index (χ2n) is 6.91. The number of anilines is 1. The predicted octanol–water partition coefficient (Wildman–Crippen LogP) is 3.93. The van der Waals surface area contributed by atoms with Crippen LogP contribution in [0.5, 0.6) is 0 Å². The summed E-state index contributed by atoms with van der Waals surface area (Å²) in [5, 5.41) is 6.45. The van der Waals surface area contributed by atoms with Gasteiger partial charge in [-0.25, -0.2) is 13.6 Å². The first kappa shape index (κ1) is 21.2. The molecule has 6 nitrogen and oxygen atoms in total. The van der Waals surface area contributed by atoms with Gasteiger partial charge in [0, 0.05) is 0 Å². The lowest BCUT2D eigenvalue weighted by Crippen LogP contribution is -2.22. The molecule has 0 unspecified atom stereocenters. The van der Waals surface area contributed by atoms with Crippen molar-refractivity contribution < 1.29 is 23.1 Å². The van der Waals surface area contributed by atoms with Crippen LogP contribution in [0, 0.1) is 32.4 Å². The number of nitrogens with zero attached hydrogens (tertiary/aromatic N) is 2. The third-order valence-corrected chi connectivity index (χ3v) is 4.60. The van der Waals surface area contributed by atoms with Crippen LogP contribution >= 0.6 is 0 Å². The maximum absolute atomic E-state index is 13.6. The standard InChI is InChI=1S/C22H21F2N3O3/c1-13-7-9-16(10-8-13)11-27-15(3)20(14(2)26-27)22(29)30-12-19(28)25-21-17(23)5-4-6-18(21)24/h4-10H,11-12H2,1-3H3,(H,25,28). The number of ether oxygens (including phenoxy) is 1. The Kier molecular flexibility index (Phi) is 6.25. The summed E-state index contributed by atoms with van der Waals surface area (Å²) in [4.78, 5) is 24.4. The number of amides is 1. The molecule has 0 fully saturated rings. The zero-order valence-corrected chi connectivity index (χ0v) is 16.8. The number of rotatable bonds is 6. The largest absolute Gasteiger partial charge is 0.452 e. The summed E-state index contributed by atoms with van der Waals surface area (Å²) in [6.07, 6.45) is 0. The van der Waals surface area contributed by atoms with Gasteiger partial charge in [-0.15, -0.1) is 0 Å². The number of para-hydroxylation sites is 1. The van der Waals surface area contributed by atoms with Crippen molar-refractivity contribution in [3.05, 3.63) is 82.2 Å². The summed E-state index contributed by atoms with van der Waals surface area (Å²) in [7, 11) is 0. The Morgan fingerprint density at radius 2 is 1.67 bits per heavy atom. The predicted molar refractivity (Wildman–Crippen MR) is 107 cm³/mol. The third kappa shape index (κ3) is 4.71. The highest BCUT2D eigenvalue weighted by Gasteiger charge is 2.21. The number of nitrogens with one attached hydrogen (secondary N) is 1. The minimum absolute atomic E-state index is 0.256. The van der Waals surface area contributed by atoms with Crippen molar-refractivity contribution in [2.24, 2.45) is 0 Å². The van der Waals surface area contributed by atoms with Crippen LogP contribution in [0.25, 0.3) is 0 Å². The van der Waals surface area contributed by atoms with Gasteiger partial charge in [-0.05, 0) is 38.5 Å². The molecule has 3 aromatic rings. The average Bonchev–Trinajstić information content (AvgIpc) is 2.98. The highest BCUT2D eigenvalue weighted by atomic mass is 19.1. The van der Waals surface area contributed by atoms with E-state index in [-0.39, 0.29) is 5.56 Å². The summed E-state index contributed by atoms with van der Waals surface area (Å²) in [5.41, 5.74) is 2.90. The van der Waals surface area contributed by atoms with Gasteiger partial charge >= 0.3 is 5.97 Å². The molecule has 0 aliphatic rings. The van der Waals surface area contributed by atoms with Crippen molar-refractivity contribution in [1.82, 2.24) is 9.78 Å². The first-order valence-electron chi connectivity index (χ1n) is 9.26. The monoisotopic (exact) mass is 413 g/mol. The number of aryl methyl sites for hydroxylation is 2. The summed E-state index contributed by atoms with van der Waals surface area (Å²) in [6, 6.07) is 11.2. The molecule has 0 bridgehead atoms. The van der Waals surface area contributed by atoms with E-state index in [9.17, 15) is 18.4 Å². The maximum Gasteiger partial charge on any atom is 0.342 e. The van der Waals surface area contributed by atoms with Gasteiger partial charge in [-0.2, -0.15) is 5.10 Å². The van der Waals surface area contributed by atoms with E-state index in [1.54, 1.807) is 18.5 Å². The number of esters is 1. The molecule has 30 heavy (non-hydrogen) atoms. The first-order chi connectivity index (χ1) is 14.3. The molecule has 8 heteroatoms.